The minimum atomic E-state index is -0.396. The maximum Gasteiger partial charge on any atom is 0.152 e. The summed E-state index contributed by atoms with van der Waals surface area (Å²) in [5.41, 5.74) is 1.83. The van der Waals surface area contributed by atoms with E-state index in [0.29, 0.717) is 6.54 Å². The number of benzene rings is 1. The summed E-state index contributed by atoms with van der Waals surface area (Å²) in [6.45, 7) is 3.37. The first-order chi connectivity index (χ1) is 13.4. The van der Waals surface area contributed by atoms with Gasteiger partial charge in [0.2, 0.25) is 0 Å². The SMILES string of the molecule is CCN(C)c1cccnc1N(C)C(C=O)CN(C)c1cc2cc(F)ccc2[nH]1. The van der Waals surface area contributed by atoms with Crippen LogP contribution in [-0.4, -0.2) is 56.5 Å². The lowest BCUT2D eigenvalue weighted by atomic mass is 10.2. The molecular weight excluding hydrogens is 357 g/mol. The third-order valence-electron chi connectivity index (χ3n) is 5.08. The number of pyridine rings is 1. The Bertz CT molecular complexity index is 957. The van der Waals surface area contributed by atoms with Crippen molar-refractivity contribution in [1.82, 2.24) is 9.97 Å². The van der Waals surface area contributed by atoms with E-state index in [1.54, 1.807) is 12.3 Å². The first-order valence-corrected chi connectivity index (χ1v) is 9.28. The van der Waals surface area contributed by atoms with Gasteiger partial charge in [-0.2, -0.15) is 0 Å². The summed E-state index contributed by atoms with van der Waals surface area (Å²) in [4.78, 5) is 25.6. The fraction of sp³-hybridized carbons (Fsp3) is 0.333. The standard InChI is InChI=1S/C21H26FN5O/c1-5-25(2)19-7-6-10-23-21(19)27(4)17(14-28)13-26(3)20-12-15-11-16(22)8-9-18(15)24-20/h6-12,14,17,24H,5,13H2,1-4H3. The second-order valence-corrected chi connectivity index (χ2v) is 6.94. The van der Waals surface area contributed by atoms with Gasteiger partial charge in [-0.3, -0.25) is 0 Å². The normalized spacial score (nSPS) is 12.0. The quantitative estimate of drug-likeness (QED) is 0.605. The molecule has 6 nitrogen and oxygen atoms in total. The zero-order valence-electron chi connectivity index (χ0n) is 16.7. The third-order valence-corrected chi connectivity index (χ3v) is 5.08. The fourth-order valence-corrected chi connectivity index (χ4v) is 3.22. The smallest absolute Gasteiger partial charge is 0.152 e. The second kappa shape index (κ2) is 8.29. The molecule has 0 radical (unpaired) electrons. The van der Waals surface area contributed by atoms with Gasteiger partial charge >= 0.3 is 0 Å². The molecule has 0 amide bonds. The van der Waals surface area contributed by atoms with Gasteiger partial charge in [-0.15, -0.1) is 0 Å². The van der Waals surface area contributed by atoms with E-state index >= 15 is 0 Å². The van der Waals surface area contributed by atoms with Gasteiger partial charge in [0.05, 0.1) is 5.69 Å². The lowest BCUT2D eigenvalue weighted by Crippen LogP contribution is -2.43. The Hall–Kier alpha value is -3.09. The van der Waals surface area contributed by atoms with Gasteiger partial charge in [0, 0.05) is 51.3 Å². The number of likely N-dealkylation sites (N-methyl/N-ethyl adjacent to an activating group) is 2. The summed E-state index contributed by atoms with van der Waals surface area (Å²) < 4.78 is 13.4. The molecule has 0 spiro atoms. The van der Waals surface area contributed by atoms with Gasteiger partial charge < -0.3 is 24.5 Å². The average Bonchev–Trinajstić information content (AvgIpc) is 3.14. The van der Waals surface area contributed by atoms with Crippen molar-refractivity contribution in [3.8, 4) is 0 Å². The molecule has 0 aliphatic rings. The molecule has 1 N–H and O–H groups in total. The van der Waals surface area contributed by atoms with Gasteiger partial charge in [0.1, 0.15) is 24.0 Å². The zero-order valence-corrected chi connectivity index (χ0v) is 16.7. The number of aromatic nitrogens is 2. The Kier molecular flexibility index (Phi) is 5.82. The number of fused-ring (bicyclic) bond motifs is 1. The molecule has 0 aliphatic heterocycles. The minimum absolute atomic E-state index is 0.270. The summed E-state index contributed by atoms with van der Waals surface area (Å²) in [5.74, 6) is 1.32. The number of carbonyl (C=O) groups excluding carboxylic acids is 1. The van der Waals surface area contributed by atoms with Crippen LogP contribution in [-0.2, 0) is 4.79 Å². The van der Waals surface area contributed by atoms with Crippen molar-refractivity contribution in [2.24, 2.45) is 0 Å². The van der Waals surface area contributed by atoms with E-state index < -0.39 is 6.04 Å². The van der Waals surface area contributed by atoms with Crippen LogP contribution in [0, 0.1) is 5.82 Å². The van der Waals surface area contributed by atoms with E-state index in [0.717, 1.165) is 41.1 Å². The number of aldehydes is 1. The molecule has 148 valence electrons. The van der Waals surface area contributed by atoms with Crippen molar-refractivity contribution in [2.75, 3.05) is 48.9 Å². The molecule has 2 aromatic heterocycles. The molecule has 0 saturated heterocycles. The largest absolute Gasteiger partial charge is 0.372 e. The highest BCUT2D eigenvalue weighted by atomic mass is 19.1. The number of H-pyrrole nitrogens is 1. The van der Waals surface area contributed by atoms with Crippen molar-refractivity contribution in [1.29, 1.82) is 0 Å². The van der Waals surface area contributed by atoms with E-state index in [1.165, 1.54) is 12.1 Å². The molecule has 0 bridgehead atoms. The van der Waals surface area contributed by atoms with Gasteiger partial charge in [-0.25, -0.2) is 9.37 Å². The molecule has 7 heteroatoms. The Morgan fingerprint density at radius 1 is 1.18 bits per heavy atom. The molecule has 2 heterocycles. The van der Waals surface area contributed by atoms with E-state index in [4.69, 9.17) is 0 Å². The molecule has 0 fully saturated rings. The van der Waals surface area contributed by atoms with Crippen LogP contribution in [0.25, 0.3) is 10.9 Å². The highest BCUT2D eigenvalue weighted by molar-refractivity contribution is 5.84. The molecule has 0 aliphatic carbocycles. The predicted octanol–water partition coefficient (Wildman–Crippen LogP) is 3.30. The van der Waals surface area contributed by atoms with Crippen LogP contribution in [0.1, 0.15) is 6.92 Å². The van der Waals surface area contributed by atoms with Crippen molar-refractivity contribution < 1.29 is 9.18 Å². The lowest BCUT2D eigenvalue weighted by molar-refractivity contribution is -0.108. The van der Waals surface area contributed by atoms with E-state index in [1.807, 2.05) is 49.1 Å². The number of anilines is 3. The van der Waals surface area contributed by atoms with Crippen molar-refractivity contribution in [3.63, 3.8) is 0 Å². The highest BCUT2D eigenvalue weighted by Gasteiger charge is 2.22. The first-order valence-electron chi connectivity index (χ1n) is 9.28. The minimum Gasteiger partial charge on any atom is -0.372 e. The monoisotopic (exact) mass is 383 g/mol. The Morgan fingerprint density at radius 3 is 2.68 bits per heavy atom. The molecule has 3 aromatic rings. The number of aromatic amines is 1. The summed E-state index contributed by atoms with van der Waals surface area (Å²) in [7, 11) is 5.78. The molecule has 1 aromatic carbocycles. The predicted molar refractivity (Wildman–Crippen MR) is 113 cm³/mol. The van der Waals surface area contributed by atoms with Crippen LogP contribution in [0.2, 0.25) is 0 Å². The van der Waals surface area contributed by atoms with Gasteiger partial charge in [-0.1, -0.05) is 0 Å². The summed E-state index contributed by atoms with van der Waals surface area (Å²) in [6, 6.07) is 10.0. The maximum atomic E-state index is 13.4. The van der Waals surface area contributed by atoms with Crippen LogP contribution in [0.5, 0.6) is 0 Å². The van der Waals surface area contributed by atoms with E-state index in [-0.39, 0.29) is 5.82 Å². The van der Waals surface area contributed by atoms with Crippen LogP contribution in [0.15, 0.2) is 42.6 Å². The maximum absolute atomic E-state index is 13.4. The van der Waals surface area contributed by atoms with Gasteiger partial charge in [0.15, 0.2) is 5.82 Å². The molecular formula is C21H26FN5O. The third kappa shape index (κ3) is 3.93. The van der Waals surface area contributed by atoms with Gasteiger partial charge in [0.25, 0.3) is 0 Å². The number of halogens is 1. The summed E-state index contributed by atoms with van der Waals surface area (Å²) in [5, 5.41) is 0.800. The molecule has 3 rings (SSSR count). The van der Waals surface area contributed by atoms with Crippen LogP contribution >= 0.6 is 0 Å². The van der Waals surface area contributed by atoms with E-state index in [2.05, 4.69) is 21.8 Å². The first kappa shape index (κ1) is 19.7. The topological polar surface area (TPSA) is 55.5 Å². The zero-order chi connectivity index (χ0) is 20.3. The number of carbonyl (C=O) groups is 1. The molecule has 0 saturated carbocycles. The van der Waals surface area contributed by atoms with Gasteiger partial charge in [-0.05, 0) is 43.3 Å². The summed E-state index contributed by atoms with van der Waals surface area (Å²) >= 11 is 0. The number of hydrogen-bond acceptors (Lipinski definition) is 5. The Labute approximate surface area is 164 Å². The van der Waals surface area contributed by atoms with E-state index in [9.17, 15) is 9.18 Å². The Morgan fingerprint density at radius 2 is 1.96 bits per heavy atom. The number of nitrogens with one attached hydrogen (secondary N) is 1. The van der Waals surface area contributed by atoms with Crippen molar-refractivity contribution >= 4 is 34.5 Å². The average molecular weight is 383 g/mol. The molecule has 1 unspecified atom stereocenters. The lowest BCUT2D eigenvalue weighted by Gasteiger charge is -2.32. The van der Waals surface area contributed by atoms with Crippen LogP contribution in [0.4, 0.5) is 21.7 Å². The number of nitrogens with zero attached hydrogens (tertiary/aromatic N) is 4. The number of hydrogen-bond donors (Lipinski definition) is 1. The Balaban J connectivity index is 1.82. The van der Waals surface area contributed by atoms with Crippen LogP contribution < -0.4 is 14.7 Å². The fourth-order valence-electron chi connectivity index (χ4n) is 3.22. The second-order valence-electron chi connectivity index (χ2n) is 6.94. The summed E-state index contributed by atoms with van der Waals surface area (Å²) in [6.07, 6.45) is 2.67. The number of rotatable bonds is 8. The van der Waals surface area contributed by atoms with Crippen LogP contribution in [0.3, 0.4) is 0 Å². The molecule has 1 atom stereocenters. The van der Waals surface area contributed by atoms with Crippen molar-refractivity contribution in [3.05, 3.63) is 48.4 Å². The highest BCUT2D eigenvalue weighted by Crippen LogP contribution is 2.27. The molecule has 28 heavy (non-hydrogen) atoms. The van der Waals surface area contributed by atoms with Crippen molar-refractivity contribution in [2.45, 2.75) is 13.0 Å².